The van der Waals surface area contributed by atoms with E-state index in [9.17, 15) is 14.4 Å². The van der Waals surface area contributed by atoms with E-state index in [-0.39, 0.29) is 29.6 Å². The number of para-hydroxylation sites is 1. The highest BCUT2D eigenvalue weighted by molar-refractivity contribution is 6.02. The van der Waals surface area contributed by atoms with E-state index in [0.717, 1.165) is 11.3 Å². The minimum absolute atomic E-state index is 0.0581. The molecule has 27 heavy (non-hydrogen) atoms. The number of hydrogen-bond acceptors (Lipinski definition) is 5. The first-order valence-electron chi connectivity index (χ1n) is 9.50. The van der Waals surface area contributed by atoms with Crippen molar-refractivity contribution >= 4 is 23.3 Å². The topological polar surface area (TPSA) is 75.7 Å². The number of ketones is 1. The maximum Gasteiger partial charge on any atom is 0.332 e. The van der Waals surface area contributed by atoms with Gasteiger partial charge in [-0.05, 0) is 30.4 Å². The summed E-state index contributed by atoms with van der Waals surface area (Å²) in [4.78, 5) is 41.1. The largest absolute Gasteiger partial charge is 0.467 e. The molecule has 1 unspecified atom stereocenters. The fourth-order valence-electron chi connectivity index (χ4n) is 7.13. The maximum absolute atomic E-state index is 13.2. The molecule has 6 rings (SSSR count). The fourth-order valence-corrected chi connectivity index (χ4v) is 7.13. The molecular weight excluding hydrogens is 344 g/mol. The molecule has 4 bridgehead atoms. The number of ether oxygens (including phenoxy) is 1. The molecule has 5 aliphatic rings. The molecule has 6 nitrogen and oxygen atoms in total. The van der Waals surface area contributed by atoms with Crippen molar-refractivity contribution in [1.29, 1.82) is 0 Å². The van der Waals surface area contributed by atoms with Gasteiger partial charge in [0.2, 0.25) is 5.91 Å². The lowest BCUT2D eigenvalue weighted by atomic mass is 9.42. The Labute approximate surface area is 156 Å². The second-order valence-corrected chi connectivity index (χ2v) is 8.53. The van der Waals surface area contributed by atoms with Crippen molar-refractivity contribution in [2.75, 3.05) is 19.0 Å². The Hall–Kier alpha value is -2.63. The second-order valence-electron chi connectivity index (χ2n) is 8.53. The molecule has 1 aromatic rings. The summed E-state index contributed by atoms with van der Waals surface area (Å²) in [6.07, 6.45) is 4.85. The van der Waals surface area contributed by atoms with Crippen molar-refractivity contribution in [3.05, 3.63) is 42.0 Å². The van der Waals surface area contributed by atoms with Gasteiger partial charge >= 0.3 is 5.97 Å². The number of methoxy groups -OCH3 is 1. The number of Topliss-reactive ketones (excluding diaryl/α,β-unsaturated/α-hetero) is 1. The smallest absolute Gasteiger partial charge is 0.332 e. The molecule has 5 atom stereocenters. The average Bonchev–Trinajstić information content (AvgIpc) is 3.16. The van der Waals surface area contributed by atoms with Gasteiger partial charge in [-0.1, -0.05) is 24.3 Å². The van der Waals surface area contributed by atoms with Gasteiger partial charge in [-0.25, -0.2) is 4.79 Å². The van der Waals surface area contributed by atoms with E-state index in [2.05, 4.69) is 11.4 Å². The Morgan fingerprint density at radius 1 is 1.26 bits per heavy atom. The molecular formula is C21H20N2O4. The third kappa shape index (κ3) is 1.34. The number of carbonyl (C=O) groups excluding carboxylic acids is 3. The van der Waals surface area contributed by atoms with Crippen LogP contribution < -0.4 is 5.32 Å². The van der Waals surface area contributed by atoms with Crippen LogP contribution in [0.1, 0.15) is 24.8 Å². The third-order valence-corrected chi connectivity index (χ3v) is 7.92. The van der Waals surface area contributed by atoms with Gasteiger partial charge < -0.3 is 15.0 Å². The molecule has 6 heteroatoms. The summed E-state index contributed by atoms with van der Waals surface area (Å²) in [5.41, 5.74) is -0.305. The van der Waals surface area contributed by atoms with Gasteiger partial charge in [0.15, 0.2) is 0 Å². The van der Waals surface area contributed by atoms with E-state index in [4.69, 9.17) is 4.74 Å². The molecule has 3 fully saturated rings. The summed E-state index contributed by atoms with van der Waals surface area (Å²) in [7, 11) is 1.42. The van der Waals surface area contributed by atoms with Gasteiger partial charge in [-0.3, -0.25) is 9.59 Å². The molecule has 0 radical (unpaired) electrons. The summed E-state index contributed by atoms with van der Waals surface area (Å²) in [6, 6.07) is 7.62. The summed E-state index contributed by atoms with van der Waals surface area (Å²) < 4.78 is 5.30. The lowest BCUT2D eigenvalue weighted by molar-refractivity contribution is -0.163. The molecule has 1 aromatic carbocycles. The first-order chi connectivity index (χ1) is 13.0. The van der Waals surface area contributed by atoms with Gasteiger partial charge in [-0.2, -0.15) is 0 Å². The van der Waals surface area contributed by atoms with E-state index in [0.29, 0.717) is 25.8 Å². The Morgan fingerprint density at radius 2 is 2.07 bits per heavy atom. The predicted molar refractivity (Wildman–Crippen MR) is 95.9 cm³/mol. The number of amides is 1. The van der Waals surface area contributed by atoms with E-state index < -0.39 is 16.4 Å². The molecule has 3 heterocycles. The molecule has 2 saturated carbocycles. The number of rotatable bonds is 1. The minimum Gasteiger partial charge on any atom is -0.467 e. The normalized spacial score (nSPS) is 42.5. The van der Waals surface area contributed by atoms with Crippen LogP contribution in [0.2, 0.25) is 0 Å². The monoisotopic (exact) mass is 364 g/mol. The Bertz CT molecular complexity index is 971. The SMILES string of the molecule is COC(=O)[C@]12CC[C@]34C=CC(=O)N5CC(CC3=O)[C@@]1(c1ccccc1N2)[C@H]54. The molecule has 1 amide bonds. The van der Waals surface area contributed by atoms with E-state index >= 15 is 0 Å². The van der Waals surface area contributed by atoms with Crippen LogP contribution in [0.5, 0.6) is 0 Å². The number of esters is 1. The van der Waals surface area contributed by atoms with Gasteiger partial charge in [0.05, 0.1) is 24.0 Å². The minimum atomic E-state index is -0.939. The van der Waals surface area contributed by atoms with Crippen LogP contribution in [0.15, 0.2) is 36.4 Å². The lowest BCUT2D eigenvalue weighted by Crippen LogP contribution is -2.76. The molecule has 2 aliphatic carbocycles. The summed E-state index contributed by atoms with van der Waals surface area (Å²) in [5, 5.41) is 3.52. The average molecular weight is 364 g/mol. The first-order valence-corrected chi connectivity index (χ1v) is 9.50. The highest BCUT2D eigenvalue weighted by Gasteiger charge is 2.82. The fraction of sp³-hybridized carbons (Fsp3) is 0.476. The van der Waals surface area contributed by atoms with Crippen molar-refractivity contribution in [1.82, 2.24) is 4.90 Å². The second kappa shape index (κ2) is 4.43. The third-order valence-electron chi connectivity index (χ3n) is 7.92. The van der Waals surface area contributed by atoms with Crippen LogP contribution in [-0.4, -0.2) is 47.8 Å². The number of carbonyl (C=O) groups is 3. The van der Waals surface area contributed by atoms with E-state index in [1.54, 1.807) is 6.08 Å². The van der Waals surface area contributed by atoms with Crippen molar-refractivity contribution in [3.63, 3.8) is 0 Å². The zero-order chi connectivity index (χ0) is 18.6. The number of nitrogens with zero attached hydrogens (tertiary/aromatic N) is 1. The van der Waals surface area contributed by atoms with Gasteiger partial charge in [-0.15, -0.1) is 0 Å². The summed E-state index contributed by atoms with van der Waals surface area (Å²) in [6.45, 7) is 0.510. The molecule has 0 aromatic heterocycles. The molecule has 1 N–H and O–H groups in total. The van der Waals surface area contributed by atoms with E-state index in [1.165, 1.54) is 7.11 Å². The number of fused-ring (bicyclic) bond motifs is 1. The van der Waals surface area contributed by atoms with Gasteiger partial charge in [0.1, 0.15) is 11.3 Å². The van der Waals surface area contributed by atoms with E-state index in [1.807, 2.05) is 29.2 Å². The molecule has 1 spiro atoms. The highest BCUT2D eigenvalue weighted by Crippen LogP contribution is 2.71. The lowest BCUT2D eigenvalue weighted by Gasteiger charge is -2.61. The van der Waals surface area contributed by atoms with Crippen LogP contribution in [0.25, 0.3) is 0 Å². The first kappa shape index (κ1) is 15.4. The van der Waals surface area contributed by atoms with Crippen LogP contribution >= 0.6 is 0 Å². The Morgan fingerprint density at radius 3 is 2.89 bits per heavy atom. The number of hydrogen-bond donors (Lipinski definition) is 1. The zero-order valence-corrected chi connectivity index (χ0v) is 15.0. The molecule has 3 aliphatic heterocycles. The number of nitrogens with one attached hydrogen (secondary N) is 1. The summed E-state index contributed by atoms with van der Waals surface area (Å²) >= 11 is 0. The van der Waals surface area contributed by atoms with Crippen LogP contribution in [-0.2, 0) is 24.5 Å². The maximum atomic E-state index is 13.2. The number of benzene rings is 1. The van der Waals surface area contributed by atoms with Crippen molar-refractivity contribution < 1.29 is 19.1 Å². The quantitative estimate of drug-likeness (QED) is 0.763. The van der Waals surface area contributed by atoms with Crippen LogP contribution in [0.4, 0.5) is 5.69 Å². The van der Waals surface area contributed by atoms with Crippen molar-refractivity contribution in [2.24, 2.45) is 11.3 Å². The summed E-state index contributed by atoms with van der Waals surface area (Å²) in [5.74, 6) is -0.243. The highest BCUT2D eigenvalue weighted by atomic mass is 16.5. The van der Waals surface area contributed by atoms with Gasteiger partial charge in [0.25, 0.3) is 0 Å². The predicted octanol–water partition coefficient (Wildman–Crippen LogP) is 1.41. The van der Waals surface area contributed by atoms with Crippen molar-refractivity contribution in [2.45, 2.75) is 36.3 Å². The van der Waals surface area contributed by atoms with Gasteiger partial charge in [0, 0.05) is 24.7 Å². The molecule has 1 saturated heterocycles. The zero-order valence-electron chi connectivity index (χ0n) is 15.0. The number of anilines is 1. The van der Waals surface area contributed by atoms with Crippen molar-refractivity contribution in [3.8, 4) is 0 Å². The standard InChI is InChI=1S/C21H20N2O4/c1-27-18(26)20-9-8-19-7-6-16(25)23-11-12(10-15(19)24)21(20,17(19)23)13-4-2-3-5-14(13)22-20/h2-7,12,17,22H,8-11H2,1H3/t12?,17-,19-,20-,21-/m1/s1. The Balaban J connectivity index is 1.73. The van der Waals surface area contributed by atoms with Crippen LogP contribution in [0.3, 0.4) is 0 Å². The Kier molecular flexibility index (Phi) is 2.53. The van der Waals surface area contributed by atoms with Crippen LogP contribution in [0, 0.1) is 11.3 Å². The molecule has 138 valence electrons.